The summed E-state index contributed by atoms with van der Waals surface area (Å²) in [6, 6.07) is 11.7. The molecule has 2 aromatic rings. The summed E-state index contributed by atoms with van der Waals surface area (Å²) < 4.78 is 44.0. The number of hydrogen-bond donors (Lipinski definition) is 0. The number of methoxy groups -OCH3 is 1. The summed E-state index contributed by atoms with van der Waals surface area (Å²) in [6.07, 6.45) is -5.70. The van der Waals surface area contributed by atoms with E-state index in [9.17, 15) is 18.0 Å². The molecule has 0 aliphatic rings. The Morgan fingerprint density at radius 3 is 2.19 bits per heavy atom. The Labute approximate surface area is 178 Å². The van der Waals surface area contributed by atoms with Crippen LogP contribution in [0.3, 0.4) is 0 Å². The van der Waals surface area contributed by atoms with Crippen molar-refractivity contribution in [1.82, 2.24) is 0 Å². The van der Waals surface area contributed by atoms with Crippen molar-refractivity contribution >= 4 is 17.4 Å². The highest BCUT2D eigenvalue weighted by Crippen LogP contribution is 2.25. The van der Waals surface area contributed by atoms with Gasteiger partial charge in [-0.15, -0.1) is 0 Å². The maximum Gasteiger partial charge on any atom is 0.394 e. The van der Waals surface area contributed by atoms with Crippen LogP contribution in [-0.4, -0.2) is 37.8 Å². The molecule has 0 spiro atoms. The summed E-state index contributed by atoms with van der Waals surface area (Å²) in [6.45, 7) is 3.28. The van der Waals surface area contributed by atoms with Crippen molar-refractivity contribution < 1.29 is 32.4 Å². The molecular weight excluding hydrogens is 413 g/mol. The summed E-state index contributed by atoms with van der Waals surface area (Å²) >= 11 is 0. The number of nitrogens with zero attached hydrogens (tertiary/aromatic N) is 2. The average molecular weight is 436 g/mol. The Bertz CT molecular complexity index is 985. The van der Waals surface area contributed by atoms with E-state index in [0.717, 1.165) is 5.56 Å². The first kappa shape index (κ1) is 23.9. The summed E-state index contributed by atoms with van der Waals surface area (Å²) in [5.41, 5.74) is 2.28. The SMILES string of the molecule is CO/N=C(/C(=O)OC)c1cccc(C)c1CO/N=C(\CC(F)(F)F)c1ccccc1C. The molecular formula is C22H23F3N2O4. The normalized spacial score (nSPS) is 12.5. The molecule has 0 heterocycles. The maximum absolute atomic E-state index is 13.1. The Balaban J connectivity index is 2.40. The fourth-order valence-electron chi connectivity index (χ4n) is 2.94. The molecule has 0 radical (unpaired) electrons. The molecule has 0 saturated carbocycles. The molecule has 6 nitrogen and oxygen atoms in total. The highest BCUT2D eigenvalue weighted by atomic mass is 19.4. The van der Waals surface area contributed by atoms with Crippen molar-refractivity contribution in [1.29, 1.82) is 0 Å². The van der Waals surface area contributed by atoms with Crippen LogP contribution in [-0.2, 0) is 25.8 Å². The van der Waals surface area contributed by atoms with Gasteiger partial charge in [0.1, 0.15) is 13.7 Å². The zero-order chi connectivity index (χ0) is 23.0. The van der Waals surface area contributed by atoms with Crippen molar-refractivity contribution in [2.45, 2.75) is 33.1 Å². The van der Waals surface area contributed by atoms with Gasteiger partial charge in [0.05, 0.1) is 19.2 Å². The molecule has 0 unspecified atom stereocenters. The van der Waals surface area contributed by atoms with Crippen LogP contribution in [0.4, 0.5) is 13.2 Å². The van der Waals surface area contributed by atoms with E-state index in [0.29, 0.717) is 22.3 Å². The fourth-order valence-corrected chi connectivity index (χ4v) is 2.94. The maximum atomic E-state index is 13.1. The number of alkyl halides is 3. The second-order valence-electron chi connectivity index (χ2n) is 6.63. The first-order chi connectivity index (χ1) is 14.7. The van der Waals surface area contributed by atoms with Crippen LogP contribution in [0.1, 0.15) is 34.2 Å². The zero-order valence-electron chi connectivity index (χ0n) is 17.6. The Morgan fingerprint density at radius 2 is 1.58 bits per heavy atom. The Morgan fingerprint density at radius 1 is 0.935 bits per heavy atom. The smallest absolute Gasteiger partial charge is 0.394 e. The lowest BCUT2D eigenvalue weighted by Crippen LogP contribution is -2.20. The van der Waals surface area contributed by atoms with Gasteiger partial charge in [0.15, 0.2) is 5.71 Å². The lowest BCUT2D eigenvalue weighted by atomic mass is 9.99. The summed E-state index contributed by atoms with van der Waals surface area (Å²) in [7, 11) is 2.49. The number of carbonyl (C=O) groups excluding carboxylic acids is 1. The number of benzene rings is 2. The minimum atomic E-state index is -4.46. The number of halogens is 3. The minimum Gasteiger partial charge on any atom is -0.464 e. The lowest BCUT2D eigenvalue weighted by molar-refractivity contribution is -0.132. The highest BCUT2D eigenvalue weighted by molar-refractivity contribution is 6.43. The van der Waals surface area contributed by atoms with Crippen molar-refractivity contribution in [2.24, 2.45) is 10.3 Å². The van der Waals surface area contributed by atoms with Gasteiger partial charge in [-0.3, -0.25) is 0 Å². The van der Waals surface area contributed by atoms with E-state index < -0.39 is 18.6 Å². The van der Waals surface area contributed by atoms with Crippen LogP contribution in [0.15, 0.2) is 52.8 Å². The van der Waals surface area contributed by atoms with Gasteiger partial charge < -0.3 is 14.4 Å². The average Bonchev–Trinajstić information content (AvgIpc) is 2.71. The van der Waals surface area contributed by atoms with Crippen molar-refractivity contribution in [3.05, 3.63) is 70.3 Å². The molecule has 0 saturated heterocycles. The van der Waals surface area contributed by atoms with Gasteiger partial charge in [0.25, 0.3) is 0 Å². The molecule has 0 bridgehead atoms. The van der Waals surface area contributed by atoms with Crippen molar-refractivity contribution in [3.63, 3.8) is 0 Å². The molecule has 0 fully saturated rings. The number of rotatable bonds is 8. The van der Waals surface area contributed by atoms with Gasteiger partial charge in [-0.2, -0.15) is 13.2 Å². The van der Waals surface area contributed by atoms with E-state index in [1.54, 1.807) is 56.3 Å². The molecule has 0 atom stereocenters. The summed E-state index contributed by atoms with van der Waals surface area (Å²) in [5, 5.41) is 7.52. The van der Waals surface area contributed by atoms with Crippen molar-refractivity contribution in [2.75, 3.05) is 14.2 Å². The minimum absolute atomic E-state index is 0.0919. The van der Waals surface area contributed by atoms with Gasteiger partial charge in [0, 0.05) is 16.7 Å². The second kappa shape index (κ2) is 10.6. The zero-order valence-corrected chi connectivity index (χ0v) is 17.6. The van der Waals surface area contributed by atoms with Gasteiger partial charge in [-0.05, 0) is 25.0 Å². The third-order valence-electron chi connectivity index (χ3n) is 4.43. The van der Waals surface area contributed by atoms with Gasteiger partial charge in [0.2, 0.25) is 0 Å². The third-order valence-corrected chi connectivity index (χ3v) is 4.43. The van der Waals surface area contributed by atoms with E-state index in [1.165, 1.54) is 14.2 Å². The molecule has 9 heteroatoms. The van der Waals surface area contributed by atoms with E-state index >= 15 is 0 Å². The summed E-state index contributed by atoms with van der Waals surface area (Å²) in [5.74, 6) is -0.727. The standard InChI is InChI=1S/C22H23F3N2O4/c1-14-8-5-6-10-16(14)19(12-22(23,24)25)26-31-13-18-15(2)9-7-11-17(18)20(27-30-4)21(28)29-3/h5-11H,12-13H2,1-4H3/b26-19+,27-20+. The first-order valence-electron chi connectivity index (χ1n) is 9.27. The Kier molecular flexibility index (Phi) is 8.18. The molecule has 0 aromatic heterocycles. The van der Waals surface area contributed by atoms with E-state index in [4.69, 9.17) is 14.4 Å². The van der Waals surface area contributed by atoms with E-state index in [2.05, 4.69) is 10.3 Å². The van der Waals surface area contributed by atoms with E-state index in [-0.39, 0.29) is 18.0 Å². The predicted molar refractivity (Wildman–Crippen MR) is 110 cm³/mol. The second-order valence-corrected chi connectivity index (χ2v) is 6.63. The van der Waals surface area contributed by atoms with Gasteiger partial charge in [-0.25, -0.2) is 4.79 Å². The van der Waals surface area contributed by atoms with Crippen LogP contribution in [0.5, 0.6) is 0 Å². The Hall–Kier alpha value is -3.36. The van der Waals surface area contributed by atoms with Crippen LogP contribution in [0.2, 0.25) is 0 Å². The molecule has 2 aromatic carbocycles. The predicted octanol–water partition coefficient (Wildman–Crippen LogP) is 4.70. The molecule has 2 rings (SSSR count). The molecule has 166 valence electrons. The van der Waals surface area contributed by atoms with Gasteiger partial charge in [-0.1, -0.05) is 52.8 Å². The molecule has 31 heavy (non-hydrogen) atoms. The topological polar surface area (TPSA) is 69.5 Å². The lowest BCUT2D eigenvalue weighted by Gasteiger charge is -2.14. The molecule has 0 aliphatic heterocycles. The molecule has 0 N–H and O–H groups in total. The van der Waals surface area contributed by atoms with Crippen LogP contribution < -0.4 is 0 Å². The van der Waals surface area contributed by atoms with E-state index in [1.807, 2.05) is 0 Å². The highest BCUT2D eigenvalue weighted by Gasteiger charge is 2.31. The summed E-state index contributed by atoms with van der Waals surface area (Å²) in [4.78, 5) is 22.2. The largest absolute Gasteiger partial charge is 0.464 e. The third kappa shape index (κ3) is 6.56. The van der Waals surface area contributed by atoms with Crippen LogP contribution >= 0.6 is 0 Å². The monoisotopic (exact) mass is 436 g/mol. The fraction of sp³-hybridized carbons (Fsp3) is 0.318. The number of aryl methyl sites for hydroxylation is 2. The number of ether oxygens (including phenoxy) is 1. The quantitative estimate of drug-likeness (QED) is 0.342. The van der Waals surface area contributed by atoms with Crippen LogP contribution in [0.25, 0.3) is 0 Å². The molecule has 0 aliphatic carbocycles. The van der Waals surface area contributed by atoms with Crippen molar-refractivity contribution in [3.8, 4) is 0 Å². The number of esters is 1. The number of carbonyl (C=O) groups is 1. The number of hydrogen-bond acceptors (Lipinski definition) is 6. The van der Waals surface area contributed by atoms with Gasteiger partial charge >= 0.3 is 12.1 Å². The number of oxime groups is 2. The molecule has 0 amide bonds. The van der Waals surface area contributed by atoms with Crippen LogP contribution in [0, 0.1) is 13.8 Å². The first-order valence-corrected chi connectivity index (χ1v) is 9.27.